The fourth-order valence-electron chi connectivity index (χ4n) is 2.20. The number of nitrogens with one attached hydrogen (secondary N) is 1. The largest absolute Gasteiger partial charge is 0.340 e. The lowest BCUT2D eigenvalue weighted by molar-refractivity contribution is 0.188. The molecule has 0 saturated carbocycles. The second kappa shape index (κ2) is 5.33. The van der Waals surface area contributed by atoms with Crippen molar-refractivity contribution in [1.82, 2.24) is 19.8 Å². The first-order valence-electron chi connectivity index (χ1n) is 5.91. The Balaban J connectivity index is 1.90. The molecule has 0 radical (unpaired) electrons. The molecule has 8 heteroatoms. The van der Waals surface area contributed by atoms with Crippen LogP contribution in [0.5, 0.6) is 0 Å². The van der Waals surface area contributed by atoms with Crippen molar-refractivity contribution in [3.8, 4) is 0 Å². The number of aryl methyl sites for hydroxylation is 1. The number of rotatable bonds is 4. The van der Waals surface area contributed by atoms with Crippen LogP contribution in [0.15, 0.2) is 4.52 Å². The monoisotopic (exact) mass is 274 g/mol. The molecule has 0 aromatic carbocycles. The molecule has 1 aromatic heterocycles. The summed E-state index contributed by atoms with van der Waals surface area (Å²) in [6, 6.07) is -0.0262. The minimum atomic E-state index is -3.14. The van der Waals surface area contributed by atoms with Gasteiger partial charge in [-0.15, -0.1) is 0 Å². The van der Waals surface area contributed by atoms with E-state index in [1.54, 1.807) is 6.92 Å². The fourth-order valence-corrected chi connectivity index (χ4v) is 3.00. The molecule has 1 atom stereocenters. The van der Waals surface area contributed by atoms with Crippen molar-refractivity contribution in [2.45, 2.75) is 32.4 Å². The Morgan fingerprint density at radius 3 is 2.94 bits per heavy atom. The van der Waals surface area contributed by atoms with Crippen molar-refractivity contribution in [2.24, 2.45) is 0 Å². The molecule has 1 saturated heterocycles. The number of nitrogens with zero attached hydrogens (tertiary/aromatic N) is 3. The molecule has 102 valence electrons. The van der Waals surface area contributed by atoms with Crippen LogP contribution in [0.3, 0.4) is 0 Å². The van der Waals surface area contributed by atoms with E-state index < -0.39 is 10.0 Å². The van der Waals surface area contributed by atoms with Gasteiger partial charge in [-0.25, -0.2) is 13.1 Å². The van der Waals surface area contributed by atoms with Gasteiger partial charge in [-0.2, -0.15) is 4.98 Å². The molecule has 0 aliphatic carbocycles. The Kier molecular flexibility index (Phi) is 3.98. The highest BCUT2D eigenvalue weighted by Gasteiger charge is 2.23. The standard InChI is InChI=1S/C10H18N4O3S/c1-8-11-10(12-17-8)7-14-5-3-4-9(6-14)13-18(2,15)16/h9,13H,3-7H2,1-2H3. The van der Waals surface area contributed by atoms with E-state index in [0.29, 0.717) is 24.8 Å². The highest BCUT2D eigenvalue weighted by atomic mass is 32.2. The smallest absolute Gasteiger partial charge is 0.223 e. The number of likely N-dealkylation sites (tertiary alicyclic amines) is 1. The van der Waals surface area contributed by atoms with Gasteiger partial charge in [0.15, 0.2) is 5.82 Å². The van der Waals surface area contributed by atoms with E-state index in [1.165, 1.54) is 6.26 Å². The number of aromatic nitrogens is 2. The van der Waals surface area contributed by atoms with Crippen LogP contribution < -0.4 is 4.72 Å². The van der Waals surface area contributed by atoms with E-state index in [2.05, 4.69) is 19.8 Å². The molecule has 1 aromatic rings. The summed E-state index contributed by atoms with van der Waals surface area (Å²) in [7, 11) is -3.14. The fraction of sp³-hybridized carbons (Fsp3) is 0.800. The molecule has 2 rings (SSSR count). The molecule has 1 aliphatic rings. The van der Waals surface area contributed by atoms with Gasteiger partial charge >= 0.3 is 0 Å². The normalized spacial score (nSPS) is 22.2. The van der Waals surface area contributed by atoms with Crippen LogP contribution in [-0.2, 0) is 16.6 Å². The lowest BCUT2D eigenvalue weighted by Crippen LogP contribution is -2.47. The predicted molar refractivity (Wildman–Crippen MR) is 65.3 cm³/mol. The Morgan fingerprint density at radius 2 is 2.33 bits per heavy atom. The molecule has 0 spiro atoms. The van der Waals surface area contributed by atoms with Gasteiger partial charge < -0.3 is 4.52 Å². The predicted octanol–water partition coefficient (Wildman–Crippen LogP) is -0.108. The van der Waals surface area contributed by atoms with E-state index in [1.807, 2.05) is 0 Å². The van der Waals surface area contributed by atoms with Crippen molar-refractivity contribution in [3.05, 3.63) is 11.7 Å². The molecule has 1 fully saturated rings. The van der Waals surface area contributed by atoms with Crippen molar-refractivity contribution >= 4 is 10.0 Å². The van der Waals surface area contributed by atoms with Crippen LogP contribution in [0.2, 0.25) is 0 Å². The van der Waals surface area contributed by atoms with Crippen LogP contribution in [0, 0.1) is 6.92 Å². The van der Waals surface area contributed by atoms with Crippen LogP contribution in [0.25, 0.3) is 0 Å². The summed E-state index contributed by atoms with van der Waals surface area (Å²) >= 11 is 0. The van der Waals surface area contributed by atoms with E-state index in [0.717, 1.165) is 19.4 Å². The van der Waals surface area contributed by atoms with Gasteiger partial charge in [-0.3, -0.25) is 4.90 Å². The molecule has 1 unspecified atom stereocenters. The molecule has 1 N–H and O–H groups in total. The third-order valence-corrected chi connectivity index (χ3v) is 3.58. The van der Waals surface area contributed by atoms with Gasteiger partial charge in [0, 0.05) is 19.5 Å². The molecule has 7 nitrogen and oxygen atoms in total. The second-order valence-corrected chi connectivity index (χ2v) is 6.47. The molecule has 1 aliphatic heterocycles. The second-order valence-electron chi connectivity index (χ2n) is 4.69. The zero-order chi connectivity index (χ0) is 13.2. The number of hydrogen-bond acceptors (Lipinski definition) is 6. The molecule has 0 bridgehead atoms. The average molecular weight is 274 g/mol. The maximum atomic E-state index is 11.2. The van der Waals surface area contributed by atoms with E-state index in [-0.39, 0.29) is 6.04 Å². The summed E-state index contributed by atoms with van der Waals surface area (Å²) in [6.45, 7) is 3.95. The molecule has 0 amide bonds. The summed E-state index contributed by atoms with van der Waals surface area (Å²) in [5.41, 5.74) is 0. The van der Waals surface area contributed by atoms with E-state index in [4.69, 9.17) is 4.52 Å². The summed E-state index contributed by atoms with van der Waals surface area (Å²) < 4.78 is 30.0. The molecular formula is C10H18N4O3S. The van der Waals surface area contributed by atoms with Crippen LogP contribution in [-0.4, -0.2) is 48.8 Å². The van der Waals surface area contributed by atoms with E-state index in [9.17, 15) is 8.42 Å². The lowest BCUT2D eigenvalue weighted by atomic mass is 10.1. The highest BCUT2D eigenvalue weighted by Crippen LogP contribution is 2.13. The first kappa shape index (κ1) is 13.4. The van der Waals surface area contributed by atoms with Gasteiger partial charge in [0.25, 0.3) is 0 Å². The summed E-state index contributed by atoms with van der Waals surface area (Å²) in [5, 5.41) is 3.84. The maximum Gasteiger partial charge on any atom is 0.223 e. The third kappa shape index (κ3) is 4.04. The number of piperidine rings is 1. The highest BCUT2D eigenvalue weighted by molar-refractivity contribution is 7.88. The molecule has 18 heavy (non-hydrogen) atoms. The Morgan fingerprint density at radius 1 is 1.56 bits per heavy atom. The van der Waals surface area contributed by atoms with Crippen molar-refractivity contribution < 1.29 is 12.9 Å². The van der Waals surface area contributed by atoms with Gasteiger partial charge in [-0.1, -0.05) is 5.16 Å². The summed E-state index contributed by atoms with van der Waals surface area (Å²) in [5.74, 6) is 1.19. The van der Waals surface area contributed by atoms with Crippen molar-refractivity contribution in [1.29, 1.82) is 0 Å². The van der Waals surface area contributed by atoms with Gasteiger partial charge in [0.2, 0.25) is 15.9 Å². The minimum Gasteiger partial charge on any atom is -0.340 e. The Labute approximate surface area is 107 Å². The van der Waals surface area contributed by atoms with E-state index >= 15 is 0 Å². The van der Waals surface area contributed by atoms with Crippen molar-refractivity contribution in [2.75, 3.05) is 19.3 Å². The van der Waals surface area contributed by atoms with Gasteiger partial charge in [0.1, 0.15) is 0 Å². The average Bonchev–Trinajstić information content (AvgIpc) is 2.62. The Bertz CT molecular complexity index is 499. The lowest BCUT2D eigenvalue weighted by Gasteiger charge is -2.31. The zero-order valence-electron chi connectivity index (χ0n) is 10.6. The number of hydrogen-bond donors (Lipinski definition) is 1. The Hall–Kier alpha value is -0.990. The summed E-state index contributed by atoms with van der Waals surface area (Å²) in [4.78, 5) is 6.28. The van der Waals surface area contributed by atoms with Crippen LogP contribution >= 0.6 is 0 Å². The summed E-state index contributed by atoms with van der Waals surface area (Å²) in [6.07, 6.45) is 3.02. The zero-order valence-corrected chi connectivity index (χ0v) is 11.4. The quantitative estimate of drug-likeness (QED) is 0.824. The van der Waals surface area contributed by atoms with Gasteiger partial charge in [-0.05, 0) is 19.4 Å². The minimum absolute atomic E-state index is 0.0262. The van der Waals surface area contributed by atoms with Crippen LogP contribution in [0.1, 0.15) is 24.6 Å². The van der Waals surface area contributed by atoms with Crippen LogP contribution in [0.4, 0.5) is 0 Å². The SMILES string of the molecule is Cc1nc(CN2CCCC(NS(C)(=O)=O)C2)no1. The topological polar surface area (TPSA) is 88.3 Å². The molecular weight excluding hydrogens is 256 g/mol. The maximum absolute atomic E-state index is 11.2. The van der Waals surface area contributed by atoms with Gasteiger partial charge in [0.05, 0.1) is 12.8 Å². The van der Waals surface area contributed by atoms with Crippen molar-refractivity contribution in [3.63, 3.8) is 0 Å². The number of sulfonamides is 1. The molecule has 2 heterocycles. The first-order valence-corrected chi connectivity index (χ1v) is 7.80. The third-order valence-electron chi connectivity index (χ3n) is 2.82. The first-order chi connectivity index (χ1) is 8.42.